The van der Waals surface area contributed by atoms with Crippen LogP contribution in [0.5, 0.6) is 0 Å². The van der Waals surface area contributed by atoms with Crippen molar-refractivity contribution in [1.29, 1.82) is 0 Å². The molecular formula is C11H24N2O. The summed E-state index contributed by atoms with van der Waals surface area (Å²) < 4.78 is 0. The fourth-order valence-electron chi connectivity index (χ4n) is 2.07. The fraction of sp³-hybridized carbons (Fsp3) is 1.00. The van der Waals surface area contributed by atoms with Gasteiger partial charge in [-0.3, -0.25) is 4.90 Å². The van der Waals surface area contributed by atoms with Gasteiger partial charge in [0.15, 0.2) is 0 Å². The molecule has 0 amide bonds. The second kappa shape index (κ2) is 5.69. The van der Waals surface area contributed by atoms with Crippen molar-refractivity contribution < 1.29 is 5.11 Å². The number of aliphatic hydroxyl groups excluding tert-OH is 1. The zero-order chi connectivity index (χ0) is 10.6. The zero-order valence-electron chi connectivity index (χ0n) is 9.74. The van der Waals surface area contributed by atoms with Gasteiger partial charge in [0.1, 0.15) is 0 Å². The van der Waals surface area contributed by atoms with Crippen LogP contribution < -0.4 is 0 Å². The molecule has 1 heterocycles. The van der Waals surface area contributed by atoms with Crippen LogP contribution in [0, 0.1) is 0 Å². The number of likely N-dealkylation sites (N-methyl/N-ethyl adjacent to an activating group) is 1. The third-order valence-electron chi connectivity index (χ3n) is 3.27. The third-order valence-corrected chi connectivity index (χ3v) is 3.27. The van der Waals surface area contributed by atoms with Crippen LogP contribution in [0.25, 0.3) is 0 Å². The van der Waals surface area contributed by atoms with Crippen LogP contribution in [0.15, 0.2) is 0 Å². The first-order chi connectivity index (χ1) is 6.65. The first-order valence-corrected chi connectivity index (χ1v) is 5.70. The summed E-state index contributed by atoms with van der Waals surface area (Å²) in [5.41, 5.74) is 0. The van der Waals surface area contributed by atoms with E-state index in [4.69, 9.17) is 5.11 Å². The maximum Gasteiger partial charge on any atom is 0.0558 e. The van der Waals surface area contributed by atoms with Crippen LogP contribution in [0.2, 0.25) is 0 Å². The van der Waals surface area contributed by atoms with E-state index in [0.29, 0.717) is 18.7 Å². The molecule has 1 unspecified atom stereocenters. The average Bonchev–Trinajstić information content (AvgIpc) is 2.53. The minimum absolute atomic E-state index is 0.294. The van der Waals surface area contributed by atoms with Crippen LogP contribution in [0.3, 0.4) is 0 Å². The van der Waals surface area contributed by atoms with Crippen molar-refractivity contribution in [2.24, 2.45) is 0 Å². The largest absolute Gasteiger partial charge is 0.395 e. The molecule has 1 N–H and O–H groups in total. The summed E-state index contributed by atoms with van der Waals surface area (Å²) in [6, 6.07) is 1.28. The Bertz CT molecular complexity index is 161. The van der Waals surface area contributed by atoms with E-state index in [2.05, 4.69) is 30.7 Å². The molecule has 14 heavy (non-hydrogen) atoms. The van der Waals surface area contributed by atoms with Gasteiger partial charge in [0.25, 0.3) is 0 Å². The summed E-state index contributed by atoms with van der Waals surface area (Å²) in [5, 5.41) is 8.93. The molecule has 0 radical (unpaired) electrons. The number of hydrogen-bond donors (Lipinski definition) is 1. The van der Waals surface area contributed by atoms with E-state index < -0.39 is 0 Å². The van der Waals surface area contributed by atoms with Crippen LogP contribution in [0.1, 0.15) is 26.7 Å². The van der Waals surface area contributed by atoms with E-state index in [9.17, 15) is 0 Å². The van der Waals surface area contributed by atoms with Crippen LogP contribution in [0.4, 0.5) is 0 Å². The Morgan fingerprint density at radius 3 is 2.79 bits per heavy atom. The maximum atomic E-state index is 8.93. The number of likely N-dealkylation sites (tertiary alicyclic amines) is 1. The summed E-state index contributed by atoms with van der Waals surface area (Å²) in [6.07, 6.45) is 2.58. The number of aliphatic hydroxyl groups is 1. The molecule has 0 aliphatic carbocycles. The topological polar surface area (TPSA) is 26.7 Å². The van der Waals surface area contributed by atoms with Gasteiger partial charge >= 0.3 is 0 Å². The maximum absolute atomic E-state index is 8.93. The van der Waals surface area contributed by atoms with Gasteiger partial charge in [-0.1, -0.05) is 0 Å². The molecule has 1 saturated heterocycles. The molecule has 84 valence electrons. The average molecular weight is 200 g/mol. The van der Waals surface area contributed by atoms with Gasteiger partial charge in [0, 0.05) is 25.2 Å². The van der Waals surface area contributed by atoms with Gasteiger partial charge in [-0.15, -0.1) is 0 Å². The Morgan fingerprint density at radius 1 is 1.50 bits per heavy atom. The Morgan fingerprint density at radius 2 is 2.21 bits per heavy atom. The Hall–Kier alpha value is -0.120. The predicted octanol–water partition coefficient (Wildman–Crippen LogP) is 0.783. The number of β-amino-alcohol motifs (C(OH)–C–C–N with tert-alkyl or cyclic N) is 1. The molecule has 1 fully saturated rings. The number of hydrogen-bond acceptors (Lipinski definition) is 3. The fourth-order valence-corrected chi connectivity index (χ4v) is 2.07. The lowest BCUT2D eigenvalue weighted by Gasteiger charge is -2.30. The van der Waals surface area contributed by atoms with E-state index >= 15 is 0 Å². The SMILES string of the molecule is CC(C)N(C)CC1CCCN1CCO. The molecule has 3 heteroatoms. The van der Waals surface area contributed by atoms with Gasteiger partial charge in [-0.2, -0.15) is 0 Å². The Balaban J connectivity index is 2.35. The number of nitrogens with zero attached hydrogens (tertiary/aromatic N) is 2. The van der Waals surface area contributed by atoms with Crippen molar-refractivity contribution in [3.63, 3.8) is 0 Å². The quantitative estimate of drug-likeness (QED) is 0.710. The molecule has 1 rings (SSSR count). The Labute approximate surface area is 87.7 Å². The molecule has 0 aromatic rings. The lowest BCUT2D eigenvalue weighted by molar-refractivity contribution is 0.144. The summed E-state index contributed by atoms with van der Waals surface area (Å²) in [7, 11) is 2.18. The summed E-state index contributed by atoms with van der Waals surface area (Å²) in [5.74, 6) is 0. The highest BCUT2D eigenvalue weighted by Gasteiger charge is 2.25. The lowest BCUT2D eigenvalue weighted by atomic mass is 10.2. The third kappa shape index (κ3) is 3.23. The van der Waals surface area contributed by atoms with Gasteiger partial charge < -0.3 is 10.0 Å². The first-order valence-electron chi connectivity index (χ1n) is 5.70. The van der Waals surface area contributed by atoms with E-state index in [0.717, 1.165) is 19.6 Å². The van der Waals surface area contributed by atoms with Crippen molar-refractivity contribution in [3.8, 4) is 0 Å². The molecule has 0 spiro atoms. The van der Waals surface area contributed by atoms with Crippen LogP contribution in [-0.2, 0) is 0 Å². The lowest BCUT2D eigenvalue weighted by Crippen LogP contribution is -2.42. The van der Waals surface area contributed by atoms with Crippen molar-refractivity contribution in [1.82, 2.24) is 9.80 Å². The standard InChI is InChI=1S/C11H24N2O/c1-10(2)12(3)9-11-5-4-6-13(11)7-8-14/h10-11,14H,4-9H2,1-3H3. The number of rotatable bonds is 5. The minimum Gasteiger partial charge on any atom is -0.395 e. The molecule has 0 aromatic heterocycles. The first kappa shape index (κ1) is 12.0. The van der Waals surface area contributed by atoms with Gasteiger partial charge in [-0.05, 0) is 40.3 Å². The molecule has 0 bridgehead atoms. The van der Waals surface area contributed by atoms with Crippen molar-refractivity contribution >= 4 is 0 Å². The van der Waals surface area contributed by atoms with Crippen molar-refractivity contribution in [2.45, 2.75) is 38.8 Å². The highest BCUT2D eigenvalue weighted by molar-refractivity contribution is 4.81. The van der Waals surface area contributed by atoms with Gasteiger partial charge in [-0.25, -0.2) is 0 Å². The highest BCUT2D eigenvalue weighted by atomic mass is 16.3. The van der Waals surface area contributed by atoms with E-state index in [-0.39, 0.29) is 0 Å². The van der Waals surface area contributed by atoms with E-state index in [1.165, 1.54) is 12.8 Å². The van der Waals surface area contributed by atoms with Crippen LogP contribution in [-0.4, -0.2) is 60.3 Å². The molecule has 1 atom stereocenters. The highest BCUT2D eigenvalue weighted by Crippen LogP contribution is 2.17. The predicted molar refractivity (Wildman–Crippen MR) is 59.4 cm³/mol. The second-order valence-corrected chi connectivity index (χ2v) is 4.59. The van der Waals surface area contributed by atoms with E-state index in [1.807, 2.05) is 0 Å². The smallest absolute Gasteiger partial charge is 0.0558 e. The van der Waals surface area contributed by atoms with Gasteiger partial charge in [0.2, 0.25) is 0 Å². The summed E-state index contributed by atoms with van der Waals surface area (Å²) in [4.78, 5) is 4.80. The summed E-state index contributed by atoms with van der Waals surface area (Å²) in [6.45, 7) is 7.89. The van der Waals surface area contributed by atoms with Crippen molar-refractivity contribution in [3.05, 3.63) is 0 Å². The monoisotopic (exact) mass is 200 g/mol. The molecule has 0 aromatic carbocycles. The van der Waals surface area contributed by atoms with E-state index in [1.54, 1.807) is 0 Å². The summed E-state index contributed by atoms with van der Waals surface area (Å²) >= 11 is 0. The Kier molecular flexibility index (Phi) is 4.85. The molecular weight excluding hydrogens is 176 g/mol. The zero-order valence-corrected chi connectivity index (χ0v) is 9.74. The van der Waals surface area contributed by atoms with Gasteiger partial charge in [0.05, 0.1) is 6.61 Å². The molecule has 1 aliphatic heterocycles. The molecule has 1 aliphatic rings. The molecule has 0 saturated carbocycles. The molecule has 3 nitrogen and oxygen atoms in total. The minimum atomic E-state index is 0.294. The second-order valence-electron chi connectivity index (χ2n) is 4.59. The van der Waals surface area contributed by atoms with Crippen molar-refractivity contribution in [2.75, 3.05) is 33.3 Å². The van der Waals surface area contributed by atoms with Crippen LogP contribution >= 0.6 is 0 Å². The normalized spacial score (nSPS) is 24.0.